The second-order valence-electron chi connectivity index (χ2n) is 15.2. The molecule has 2 aromatic heterocycles. The summed E-state index contributed by atoms with van der Waals surface area (Å²) in [4.78, 5) is 58.8. The maximum absolute atomic E-state index is 14.4. The smallest absolute Gasteiger partial charge is 0.429 e. The van der Waals surface area contributed by atoms with Gasteiger partial charge < -0.3 is 26.7 Å². The molecule has 17 nitrogen and oxygen atoms in total. The van der Waals surface area contributed by atoms with Gasteiger partial charge in [-0.1, -0.05) is 24.3 Å². The van der Waals surface area contributed by atoms with E-state index in [1.165, 1.54) is 29.8 Å². The number of fused-ring (bicyclic) bond motifs is 2. The van der Waals surface area contributed by atoms with Crippen molar-refractivity contribution in [2.24, 2.45) is 27.2 Å². The number of hydrazine groups is 1. The molecule has 0 radical (unpaired) electrons. The summed E-state index contributed by atoms with van der Waals surface area (Å²) in [6.45, 7) is 10.2. The van der Waals surface area contributed by atoms with E-state index < -0.39 is 39.6 Å². The van der Waals surface area contributed by atoms with E-state index >= 15 is 0 Å². The van der Waals surface area contributed by atoms with Crippen molar-refractivity contribution in [1.29, 1.82) is 0 Å². The molecule has 20 heteroatoms. The summed E-state index contributed by atoms with van der Waals surface area (Å²) in [5.41, 5.74) is 23.4. The number of thiazole rings is 2. The number of nitrogens with one attached hydrogen (secondary N) is 2. The number of carbonyl (C=O) groups is 3. The van der Waals surface area contributed by atoms with E-state index in [1.54, 1.807) is 59.7 Å². The summed E-state index contributed by atoms with van der Waals surface area (Å²) in [5, 5.41) is 1.45. The molecular weight excluding hydrogens is 841 g/mol. The fraction of sp³-hybridized carbons (Fsp3) is 0.390. The number of aromatic nitrogens is 2. The number of ketones is 2. The van der Waals surface area contributed by atoms with Gasteiger partial charge in [-0.2, -0.15) is 0 Å². The fourth-order valence-corrected chi connectivity index (χ4v) is 9.75. The van der Waals surface area contributed by atoms with Crippen molar-refractivity contribution in [3.63, 3.8) is 0 Å². The van der Waals surface area contributed by atoms with Gasteiger partial charge in [-0.05, 0) is 114 Å². The Labute approximate surface area is 362 Å². The van der Waals surface area contributed by atoms with Crippen LogP contribution in [0.25, 0.3) is 20.4 Å². The number of methoxy groups -OCH3 is 1. The van der Waals surface area contributed by atoms with Crippen LogP contribution in [-0.4, -0.2) is 90.9 Å². The van der Waals surface area contributed by atoms with Crippen molar-refractivity contribution >= 4 is 82.7 Å². The number of carbonyl (C=O) groups excluding carboxylic acids is 3. The number of amides is 1. The Kier molecular flexibility index (Phi) is 15.0. The van der Waals surface area contributed by atoms with Gasteiger partial charge in [0, 0.05) is 13.1 Å². The van der Waals surface area contributed by atoms with Crippen LogP contribution in [-0.2, 0) is 14.8 Å². The number of para-hydroxylation sites is 2. The molecule has 326 valence electrons. The van der Waals surface area contributed by atoms with Gasteiger partial charge in [-0.15, -0.1) is 22.7 Å². The van der Waals surface area contributed by atoms with E-state index in [2.05, 4.69) is 30.1 Å². The van der Waals surface area contributed by atoms with Gasteiger partial charge in [0.2, 0.25) is 23.5 Å². The number of aliphatic imine (C=N–C) groups is 2. The number of hydrogen-bond acceptors (Lipinski definition) is 14. The number of ether oxygens (including phenoxy) is 2. The van der Waals surface area contributed by atoms with Gasteiger partial charge in [0.25, 0.3) is 10.0 Å². The van der Waals surface area contributed by atoms with Crippen LogP contribution in [0.15, 0.2) is 69.5 Å². The minimum atomic E-state index is -4.13. The maximum atomic E-state index is 14.4. The van der Waals surface area contributed by atoms with Gasteiger partial charge in [-0.25, -0.2) is 32.9 Å². The Morgan fingerprint density at radius 3 is 1.93 bits per heavy atom. The lowest BCUT2D eigenvalue weighted by atomic mass is 10.1. The van der Waals surface area contributed by atoms with E-state index in [1.807, 2.05) is 36.4 Å². The number of rotatable bonds is 16. The highest BCUT2D eigenvalue weighted by molar-refractivity contribution is 7.90. The minimum Gasteiger partial charge on any atom is -0.496 e. The predicted molar refractivity (Wildman–Crippen MR) is 240 cm³/mol. The van der Waals surface area contributed by atoms with Gasteiger partial charge >= 0.3 is 6.09 Å². The van der Waals surface area contributed by atoms with Crippen LogP contribution in [0.3, 0.4) is 0 Å². The summed E-state index contributed by atoms with van der Waals surface area (Å²) >= 11 is 2.45. The molecule has 0 saturated carbocycles. The van der Waals surface area contributed by atoms with Gasteiger partial charge in [0.05, 0.1) is 38.5 Å². The van der Waals surface area contributed by atoms with Crippen LogP contribution in [0, 0.1) is 20.8 Å². The van der Waals surface area contributed by atoms with Crippen molar-refractivity contribution in [1.82, 2.24) is 25.1 Å². The number of hydrogen-bond donors (Lipinski definition) is 5. The van der Waals surface area contributed by atoms with Crippen LogP contribution in [0.5, 0.6) is 5.75 Å². The average Bonchev–Trinajstić information content (AvgIpc) is 3.84. The predicted octanol–water partition coefficient (Wildman–Crippen LogP) is 5.51. The number of nitrogens with two attached hydrogens (primary N) is 3. The van der Waals surface area contributed by atoms with E-state index in [-0.39, 0.29) is 53.5 Å². The minimum absolute atomic E-state index is 0.00354. The first-order valence-corrected chi connectivity index (χ1v) is 22.5. The SMILES string of the molecule is COc1cc(C)c(S(=O)(=O)NC(N)=NCCCC(C(=O)c2nc3ccccc3s2)N(NC(N)=NCCCC(N)C(=O)c2nc3ccccc3s2)C(=O)OC(C)(C)C)c(C)c1C. The Hall–Kier alpha value is -5.70. The van der Waals surface area contributed by atoms with Crippen LogP contribution in [0.1, 0.15) is 82.7 Å². The number of aryl methyl sites for hydroxylation is 1. The molecule has 8 N–H and O–H groups in total. The third-order valence-electron chi connectivity index (χ3n) is 9.36. The average molecular weight is 893 g/mol. The number of nitrogens with zero attached hydrogens (tertiary/aromatic N) is 5. The maximum Gasteiger partial charge on any atom is 0.429 e. The molecule has 5 aromatic rings. The zero-order valence-electron chi connectivity index (χ0n) is 35.1. The summed E-state index contributed by atoms with van der Waals surface area (Å²) in [7, 11) is -2.62. The molecule has 0 bridgehead atoms. The van der Waals surface area contributed by atoms with Crippen LogP contribution >= 0.6 is 22.7 Å². The van der Waals surface area contributed by atoms with Crippen molar-refractivity contribution < 1.29 is 32.3 Å². The highest BCUT2D eigenvalue weighted by atomic mass is 32.2. The van der Waals surface area contributed by atoms with Crippen molar-refractivity contribution in [2.45, 2.75) is 89.8 Å². The van der Waals surface area contributed by atoms with E-state index in [0.29, 0.717) is 45.8 Å². The largest absolute Gasteiger partial charge is 0.496 e. The molecule has 3 aromatic carbocycles. The lowest BCUT2D eigenvalue weighted by molar-refractivity contribution is 0.00810. The first kappa shape index (κ1) is 46.4. The summed E-state index contributed by atoms with van der Waals surface area (Å²) in [5.74, 6) is -0.783. The monoisotopic (exact) mass is 892 g/mol. The molecule has 61 heavy (non-hydrogen) atoms. The molecule has 0 saturated heterocycles. The summed E-state index contributed by atoms with van der Waals surface area (Å²) in [6, 6.07) is 14.3. The molecule has 5 rings (SSSR count). The second-order valence-corrected chi connectivity index (χ2v) is 18.9. The lowest BCUT2D eigenvalue weighted by Gasteiger charge is -2.32. The van der Waals surface area contributed by atoms with Crippen molar-refractivity contribution in [3.8, 4) is 5.75 Å². The Bertz CT molecular complexity index is 2520. The Balaban J connectivity index is 1.33. The van der Waals surface area contributed by atoms with E-state index in [9.17, 15) is 22.8 Å². The van der Waals surface area contributed by atoms with Crippen molar-refractivity contribution in [3.05, 3.63) is 81.3 Å². The standard InChI is InChI=1S/C41H52N10O7S3/c1-23-22-30(57-7)24(2)25(3)35(23)61(55,56)50-39(44)46-21-13-17-29(34(53)37-48-28-16-9-11-19-32(28)60-37)51(40(54)58-41(4,5)6)49-38(43)45-20-12-14-26(42)33(52)36-47-27-15-8-10-18-31(27)59-36/h8-11,15-16,18-19,22,26,29H,12-14,17,20-21,42H2,1-7H3,(H3,43,45,49)(H3,44,46,50). The molecular formula is C41H52N10O7S3. The highest BCUT2D eigenvalue weighted by Crippen LogP contribution is 2.31. The number of guanidine groups is 2. The molecule has 1 amide bonds. The van der Waals surface area contributed by atoms with Crippen LogP contribution in [0.2, 0.25) is 0 Å². The quantitative estimate of drug-likeness (QED) is 0.0269. The third-order valence-corrected chi connectivity index (χ3v) is 13.1. The topological polar surface area (TPSA) is 260 Å². The molecule has 0 fully saturated rings. The van der Waals surface area contributed by atoms with Gasteiger partial charge in [0.1, 0.15) is 17.4 Å². The Morgan fingerprint density at radius 2 is 1.38 bits per heavy atom. The Morgan fingerprint density at radius 1 is 0.836 bits per heavy atom. The van der Waals surface area contributed by atoms with Crippen LogP contribution < -0.4 is 32.1 Å². The third kappa shape index (κ3) is 11.8. The zero-order chi connectivity index (χ0) is 44.6. The first-order valence-electron chi connectivity index (χ1n) is 19.4. The highest BCUT2D eigenvalue weighted by Gasteiger charge is 2.36. The molecule has 0 aliphatic carbocycles. The molecule has 2 unspecified atom stereocenters. The van der Waals surface area contributed by atoms with Gasteiger partial charge in [-0.3, -0.25) is 25.0 Å². The summed E-state index contributed by atoms with van der Waals surface area (Å²) < 4.78 is 42.0. The summed E-state index contributed by atoms with van der Waals surface area (Å²) in [6.07, 6.45) is -0.0944. The molecule has 0 aliphatic rings. The molecule has 2 atom stereocenters. The number of sulfonamides is 1. The first-order chi connectivity index (χ1) is 28.8. The fourth-order valence-electron chi connectivity index (χ4n) is 6.35. The van der Waals surface area contributed by atoms with Crippen molar-refractivity contribution in [2.75, 3.05) is 20.2 Å². The van der Waals surface area contributed by atoms with E-state index in [4.69, 9.17) is 26.7 Å². The van der Waals surface area contributed by atoms with E-state index in [0.717, 1.165) is 19.9 Å². The molecule has 2 heterocycles. The normalized spacial score (nSPS) is 13.5. The molecule has 0 aliphatic heterocycles. The van der Waals surface area contributed by atoms with Gasteiger partial charge in [0.15, 0.2) is 10.0 Å². The molecule has 0 spiro atoms. The zero-order valence-corrected chi connectivity index (χ0v) is 37.6. The second kappa shape index (κ2) is 19.8. The number of Topliss-reactive ketones (excluding diaryl/α,β-unsaturated/α-hetero) is 2. The lowest BCUT2D eigenvalue weighted by Crippen LogP contribution is -2.57. The number of benzene rings is 3. The van der Waals surface area contributed by atoms with Crippen LogP contribution in [0.4, 0.5) is 4.79 Å².